The van der Waals surface area contributed by atoms with Gasteiger partial charge in [0.25, 0.3) is 0 Å². The minimum atomic E-state index is 0.684. The number of hydrogen-bond acceptors (Lipinski definition) is 5. The molecule has 2 aliphatic rings. The van der Waals surface area contributed by atoms with E-state index in [-0.39, 0.29) is 0 Å². The van der Waals surface area contributed by atoms with Crippen LogP contribution in [0.1, 0.15) is 24.1 Å². The van der Waals surface area contributed by atoms with Gasteiger partial charge in [-0.3, -0.25) is 14.5 Å². The van der Waals surface area contributed by atoms with Crippen molar-refractivity contribution in [1.82, 2.24) is 19.6 Å². The van der Waals surface area contributed by atoms with E-state index in [1.54, 1.807) is 7.11 Å². The molecule has 2 saturated heterocycles. The molecule has 6 heteroatoms. The Hall–Kier alpha value is -2.05. The highest BCUT2D eigenvalue weighted by Gasteiger charge is 2.28. The second kappa shape index (κ2) is 8.53. The summed E-state index contributed by atoms with van der Waals surface area (Å²) in [6, 6.07) is 9.14. The number of methoxy groups -OCH3 is 1. The number of piperidine rings is 1. The average Bonchev–Trinajstić information content (AvgIpc) is 3.06. The van der Waals surface area contributed by atoms with Gasteiger partial charge in [0.2, 0.25) is 0 Å². The summed E-state index contributed by atoms with van der Waals surface area (Å²) in [6.07, 6.45) is 4.65. The molecule has 2 aromatic rings. The van der Waals surface area contributed by atoms with Gasteiger partial charge in [-0.2, -0.15) is 5.10 Å². The lowest BCUT2D eigenvalue weighted by atomic mass is 10.0. The molecule has 0 amide bonds. The highest BCUT2D eigenvalue weighted by molar-refractivity contribution is 5.49. The van der Waals surface area contributed by atoms with Gasteiger partial charge < -0.3 is 9.64 Å². The predicted octanol–water partition coefficient (Wildman–Crippen LogP) is 2.52. The Bertz CT molecular complexity index is 764. The van der Waals surface area contributed by atoms with Crippen LogP contribution < -0.4 is 9.64 Å². The van der Waals surface area contributed by atoms with Gasteiger partial charge in [-0.25, -0.2) is 0 Å². The zero-order valence-corrected chi connectivity index (χ0v) is 17.5. The topological polar surface area (TPSA) is 36.8 Å². The van der Waals surface area contributed by atoms with Gasteiger partial charge in [0.15, 0.2) is 0 Å². The summed E-state index contributed by atoms with van der Waals surface area (Å²) in [6.45, 7) is 10.1. The fourth-order valence-corrected chi connectivity index (χ4v) is 4.55. The van der Waals surface area contributed by atoms with E-state index in [4.69, 9.17) is 4.74 Å². The quantitative estimate of drug-likeness (QED) is 0.793. The predicted molar refractivity (Wildman–Crippen MR) is 113 cm³/mol. The summed E-state index contributed by atoms with van der Waals surface area (Å²) >= 11 is 0. The molecule has 0 saturated carbocycles. The maximum absolute atomic E-state index is 5.28. The minimum Gasteiger partial charge on any atom is -0.497 e. The largest absolute Gasteiger partial charge is 0.497 e. The Balaban J connectivity index is 1.30. The third-order valence-corrected chi connectivity index (χ3v) is 6.48. The smallest absolute Gasteiger partial charge is 0.119 e. The van der Waals surface area contributed by atoms with Crippen LogP contribution in [-0.2, 0) is 13.6 Å². The Morgan fingerprint density at radius 2 is 1.82 bits per heavy atom. The number of hydrogen-bond donors (Lipinski definition) is 0. The number of nitrogens with zero attached hydrogens (tertiary/aromatic N) is 5. The molecule has 0 bridgehead atoms. The first-order valence-electron chi connectivity index (χ1n) is 10.5. The van der Waals surface area contributed by atoms with Crippen molar-refractivity contribution >= 4 is 5.69 Å². The van der Waals surface area contributed by atoms with E-state index in [0.29, 0.717) is 6.04 Å². The lowest BCUT2D eigenvalue weighted by molar-refractivity contribution is 0.0886. The van der Waals surface area contributed by atoms with Gasteiger partial charge in [-0.05, 0) is 50.6 Å². The number of piperazine rings is 1. The molecule has 2 aliphatic heterocycles. The number of rotatable bonds is 5. The van der Waals surface area contributed by atoms with Gasteiger partial charge >= 0.3 is 0 Å². The Labute approximate surface area is 168 Å². The molecule has 0 N–H and O–H groups in total. The molecular formula is C22H33N5O. The van der Waals surface area contributed by atoms with E-state index in [1.165, 1.54) is 42.9 Å². The average molecular weight is 384 g/mol. The highest BCUT2D eigenvalue weighted by Crippen LogP contribution is 2.24. The maximum Gasteiger partial charge on any atom is 0.119 e. The maximum atomic E-state index is 5.28. The van der Waals surface area contributed by atoms with Crippen molar-refractivity contribution in [3.05, 3.63) is 41.7 Å². The summed E-state index contributed by atoms with van der Waals surface area (Å²) in [5.41, 5.74) is 3.96. The number of aryl methyl sites for hydroxylation is 1. The first kappa shape index (κ1) is 19.3. The molecule has 1 atom stereocenters. The van der Waals surface area contributed by atoms with Crippen molar-refractivity contribution in [2.75, 3.05) is 51.3 Å². The lowest BCUT2D eigenvalue weighted by Crippen LogP contribution is -2.55. The monoisotopic (exact) mass is 383 g/mol. The minimum absolute atomic E-state index is 0.684. The molecule has 0 unspecified atom stereocenters. The second-order valence-corrected chi connectivity index (χ2v) is 8.13. The molecule has 2 fully saturated rings. The normalized spacial score (nSPS) is 21.8. The zero-order chi connectivity index (χ0) is 19.5. The molecule has 6 nitrogen and oxygen atoms in total. The summed E-state index contributed by atoms with van der Waals surface area (Å²) in [5, 5.41) is 4.40. The SMILES string of the molecule is COc1ccc(N2CCN([C@@H]3CCCN(Cc4cnn(C)c4C)C3)CC2)cc1. The van der Waals surface area contributed by atoms with Gasteiger partial charge in [0.05, 0.1) is 13.3 Å². The molecule has 4 rings (SSSR count). The summed E-state index contributed by atoms with van der Waals surface area (Å²) in [5.74, 6) is 0.925. The number of likely N-dealkylation sites (tertiary alicyclic amines) is 1. The van der Waals surface area contributed by atoms with E-state index in [2.05, 4.69) is 51.0 Å². The van der Waals surface area contributed by atoms with Crippen LogP contribution in [0, 0.1) is 6.92 Å². The molecular weight excluding hydrogens is 350 g/mol. The van der Waals surface area contributed by atoms with Crippen LogP contribution in [0.4, 0.5) is 5.69 Å². The van der Waals surface area contributed by atoms with Gasteiger partial charge in [-0.1, -0.05) is 0 Å². The standard InChI is InChI=1S/C22H33N5O/c1-18-19(15-23-24(18)2)16-25-10-4-5-21(17-25)27-13-11-26(12-14-27)20-6-8-22(28-3)9-7-20/h6-9,15,21H,4-5,10-14,16-17H2,1-3H3/t21-/m1/s1. The van der Waals surface area contributed by atoms with Crippen molar-refractivity contribution in [2.45, 2.75) is 32.4 Å². The first-order chi connectivity index (χ1) is 13.6. The van der Waals surface area contributed by atoms with E-state index < -0.39 is 0 Å². The molecule has 152 valence electrons. The van der Waals surface area contributed by atoms with E-state index in [9.17, 15) is 0 Å². The van der Waals surface area contributed by atoms with Crippen LogP contribution in [0.3, 0.4) is 0 Å². The second-order valence-electron chi connectivity index (χ2n) is 8.13. The highest BCUT2D eigenvalue weighted by atomic mass is 16.5. The molecule has 1 aromatic carbocycles. The molecule has 0 spiro atoms. The van der Waals surface area contributed by atoms with Crippen molar-refractivity contribution in [1.29, 1.82) is 0 Å². The van der Waals surface area contributed by atoms with Crippen LogP contribution >= 0.6 is 0 Å². The Kier molecular flexibility index (Phi) is 5.87. The zero-order valence-electron chi connectivity index (χ0n) is 17.5. The Morgan fingerprint density at radius 3 is 2.46 bits per heavy atom. The van der Waals surface area contributed by atoms with Crippen molar-refractivity contribution < 1.29 is 4.74 Å². The number of ether oxygens (including phenoxy) is 1. The van der Waals surface area contributed by atoms with Crippen molar-refractivity contribution in [3.8, 4) is 5.75 Å². The molecule has 3 heterocycles. The van der Waals surface area contributed by atoms with Crippen LogP contribution in [0.15, 0.2) is 30.5 Å². The number of benzene rings is 1. The van der Waals surface area contributed by atoms with Crippen LogP contribution in [0.25, 0.3) is 0 Å². The summed E-state index contributed by atoms with van der Waals surface area (Å²) < 4.78 is 7.26. The van der Waals surface area contributed by atoms with Crippen molar-refractivity contribution in [2.24, 2.45) is 7.05 Å². The molecule has 28 heavy (non-hydrogen) atoms. The van der Waals surface area contributed by atoms with Gasteiger partial charge in [-0.15, -0.1) is 0 Å². The molecule has 0 radical (unpaired) electrons. The fraction of sp³-hybridized carbons (Fsp3) is 0.591. The molecule has 0 aliphatic carbocycles. The third kappa shape index (κ3) is 4.18. The Morgan fingerprint density at radius 1 is 1.07 bits per heavy atom. The van der Waals surface area contributed by atoms with E-state index in [1.807, 2.05) is 17.9 Å². The van der Waals surface area contributed by atoms with Crippen molar-refractivity contribution in [3.63, 3.8) is 0 Å². The first-order valence-corrected chi connectivity index (χ1v) is 10.5. The van der Waals surface area contributed by atoms with Gasteiger partial charge in [0.1, 0.15) is 5.75 Å². The number of anilines is 1. The van der Waals surface area contributed by atoms with E-state index >= 15 is 0 Å². The summed E-state index contributed by atoms with van der Waals surface area (Å²) in [4.78, 5) is 7.83. The van der Waals surface area contributed by atoms with E-state index in [0.717, 1.165) is 38.5 Å². The summed E-state index contributed by atoms with van der Waals surface area (Å²) in [7, 11) is 3.75. The fourth-order valence-electron chi connectivity index (χ4n) is 4.55. The van der Waals surface area contributed by atoms with Crippen LogP contribution in [0.5, 0.6) is 5.75 Å². The van der Waals surface area contributed by atoms with Crippen LogP contribution in [0.2, 0.25) is 0 Å². The lowest BCUT2D eigenvalue weighted by Gasteiger charge is -2.44. The van der Waals surface area contributed by atoms with Gasteiger partial charge in [0, 0.05) is 69.3 Å². The van der Waals surface area contributed by atoms with Crippen LogP contribution in [-0.4, -0.2) is 72.0 Å². The molecule has 1 aromatic heterocycles. The number of aromatic nitrogens is 2. The third-order valence-electron chi connectivity index (χ3n) is 6.48.